The summed E-state index contributed by atoms with van der Waals surface area (Å²) in [6.07, 6.45) is -2.65. The predicted molar refractivity (Wildman–Crippen MR) is 107 cm³/mol. The summed E-state index contributed by atoms with van der Waals surface area (Å²) in [5, 5.41) is 10.9. The van der Waals surface area contributed by atoms with Gasteiger partial charge >= 0.3 is 12.1 Å². The molecule has 4 rings (SSSR count). The number of anilines is 2. The van der Waals surface area contributed by atoms with Crippen molar-refractivity contribution in [3.8, 4) is 11.4 Å². The average molecular weight is 432 g/mol. The number of fused-ring (bicyclic) bond motifs is 1. The highest BCUT2D eigenvalue weighted by atomic mass is 32.1. The molecule has 30 heavy (non-hydrogen) atoms. The molecule has 6 nitrogen and oxygen atoms in total. The number of aromatic carboxylic acids is 1. The van der Waals surface area contributed by atoms with Gasteiger partial charge in [0, 0.05) is 17.3 Å². The van der Waals surface area contributed by atoms with Crippen LogP contribution in [0.4, 0.5) is 24.0 Å². The number of carboxylic acid groups (broad SMARTS) is 1. The molecule has 0 amide bonds. The third-order valence-corrected chi connectivity index (χ3v) is 5.30. The van der Waals surface area contributed by atoms with Crippen molar-refractivity contribution in [1.29, 1.82) is 0 Å². The van der Waals surface area contributed by atoms with Gasteiger partial charge in [-0.15, -0.1) is 11.3 Å². The Hall–Kier alpha value is -3.40. The Labute approximate surface area is 172 Å². The average Bonchev–Trinajstić information content (AvgIpc) is 3.28. The van der Waals surface area contributed by atoms with E-state index in [4.69, 9.17) is 5.11 Å². The number of aryl methyl sites for hydroxylation is 1. The number of hydrogen-bond acceptors (Lipinski definition) is 5. The molecule has 0 radical (unpaired) electrons. The number of benzene rings is 1. The molecule has 0 atom stereocenters. The fraction of sp³-hybridized carbons (Fsp3) is 0.150. The summed E-state index contributed by atoms with van der Waals surface area (Å²) in [7, 11) is 0. The molecule has 1 N–H and O–H groups in total. The first-order valence-electron chi connectivity index (χ1n) is 8.80. The van der Waals surface area contributed by atoms with Crippen molar-refractivity contribution in [1.82, 2.24) is 14.4 Å². The van der Waals surface area contributed by atoms with Gasteiger partial charge < -0.3 is 10.0 Å². The van der Waals surface area contributed by atoms with Crippen LogP contribution in [0.25, 0.3) is 17.0 Å². The Bertz CT molecular complexity index is 1210. The highest BCUT2D eigenvalue weighted by Gasteiger charge is 2.33. The maximum Gasteiger partial charge on any atom is 0.406 e. The molecule has 0 aliphatic carbocycles. The van der Waals surface area contributed by atoms with Gasteiger partial charge in [-0.05, 0) is 43.3 Å². The third-order valence-electron chi connectivity index (χ3n) is 4.43. The van der Waals surface area contributed by atoms with Crippen LogP contribution < -0.4 is 4.90 Å². The number of alkyl halides is 3. The maximum atomic E-state index is 13.3. The molecule has 0 saturated carbocycles. The first kappa shape index (κ1) is 19.9. The quantitative estimate of drug-likeness (QED) is 0.471. The second-order valence-electron chi connectivity index (χ2n) is 6.54. The number of imidazole rings is 1. The Kier molecular flexibility index (Phi) is 4.94. The largest absolute Gasteiger partial charge is 0.478 e. The summed E-state index contributed by atoms with van der Waals surface area (Å²) >= 11 is 1.08. The predicted octanol–water partition coefficient (Wildman–Crippen LogP) is 5.16. The summed E-state index contributed by atoms with van der Waals surface area (Å²) in [6, 6.07) is 10.7. The number of rotatable bonds is 5. The highest BCUT2D eigenvalue weighted by molar-refractivity contribution is 7.14. The van der Waals surface area contributed by atoms with Crippen molar-refractivity contribution in [3.05, 3.63) is 65.3 Å². The van der Waals surface area contributed by atoms with Crippen LogP contribution in [0.15, 0.2) is 54.0 Å². The fourth-order valence-corrected chi connectivity index (χ4v) is 3.98. The van der Waals surface area contributed by atoms with Crippen LogP contribution in [-0.4, -0.2) is 38.2 Å². The number of carboxylic acids is 1. The molecule has 0 saturated heterocycles. The molecule has 3 aromatic heterocycles. The number of carbonyl (C=O) groups is 1. The number of nitrogens with zero attached hydrogens (tertiary/aromatic N) is 4. The van der Waals surface area contributed by atoms with E-state index < -0.39 is 18.7 Å². The van der Waals surface area contributed by atoms with Crippen LogP contribution >= 0.6 is 11.3 Å². The van der Waals surface area contributed by atoms with E-state index in [1.54, 1.807) is 5.38 Å². The van der Waals surface area contributed by atoms with Crippen molar-refractivity contribution in [2.75, 3.05) is 11.4 Å². The van der Waals surface area contributed by atoms with Gasteiger partial charge in [-0.3, -0.25) is 4.40 Å². The maximum absolute atomic E-state index is 13.3. The third kappa shape index (κ3) is 3.86. The first-order chi connectivity index (χ1) is 14.2. The number of aromatic nitrogens is 3. The van der Waals surface area contributed by atoms with Gasteiger partial charge in [0.05, 0.1) is 17.0 Å². The van der Waals surface area contributed by atoms with E-state index in [-0.39, 0.29) is 16.4 Å². The topological polar surface area (TPSA) is 70.7 Å². The van der Waals surface area contributed by atoms with Gasteiger partial charge in [-0.1, -0.05) is 6.07 Å². The molecule has 1 aromatic carbocycles. The van der Waals surface area contributed by atoms with E-state index in [0.29, 0.717) is 17.1 Å². The molecule has 3 heterocycles. The zero-order chi connectivity index (χ0) is 21.5. The lowest BCUT2D eigenvalue weighted by Gasteiger charge is -2.23. The molecule has 0 unspecified atom stereocenters. The van der Waals surface area contributed by atoms with Crippen LogP contribution in [0.1, 0.15) is 16.1 Å². The molecule has 154 valence electrons. The normalized spacial score (nSPS) is 11.7. The van der Waals surface area contributed by atoms with E-state index in [1.165, 1.54) is 24.3 Å². The molecular weight excluding hydrogens is 417 g/mol. The van der Waals surface area contributed by atoms with Crippen LogP contribution in [0.3, 0.4) is 0 Å². The zero-order valence-corrected chi connectivity index (χ0v) is 16.4. The molecule has 0 aliphatic heterocycles. The Morgan fingerprint density at radius 2 is 1.90 bits per heavy atom. The standard InChI is InChI=1S/C20H15F3N4O2S/c1-12-17(26-9-3-2-4-16(26)24-12)15-10-30-19(25-15)27(11-20(21,22)23)14-7-5-13(6-8-14)18(28)29/h2-10H,11H2,1H3,(H,28,29). The smallest absolute Gasteiger partial charge is 0.406 e. The molecule has 0 spiro atoms. The fourth-order valence-electron chi connectivity index (χ4n) is 3.15. The van der Waals surface area contributed by atoms with Gasteiger partial charge in [-0.25, -0.2) is 14.8 Å². The lowest BCUT2D eigenvalue weighted by atomic mass is 10.2. The number of pyridine rings is 1. The van der Waals surface area contributed by atoms with Crippen molar-refractivity contribution >= 4 is 33.8 Å². The van der Waals surface area contributed by atoms with Crippen molar-refractivity contribution in [2.45, 2.75) is 13.1 Å². The lowest BCUT2D eigenvalue weighted by molar-refractivity contribution is -0.118. The summed E-state index contributed by atoms with van der Waals surface area (Å²) in [5.74, 6) is -1.15. The van der Waals surface area contributed by atoms with Gasteiger partial charge in [0.2, 0.25) is 0 Å². The van der Waals surface area contributed by atoms with Gasteiger partial charge in [0.1, 0.15) is 17.9 Å². The number of thiazole rings is 1. The van der Waals surface area contributed by atoms with E-state index in [0.717, 1.165) is 21.9 Å². The number of hydrogen-bond donors (Lipinski definition) is 1. The molecular formula is C20H15F3N4O2S. The minimum absolute atomic E-state index is 0.00751. The highest BCUT2D eigenvalue weighted by Crippen LogP contribution is 2.35. The summed E-state index contributed by atoms with van der Waals surface area (Å²) < 4.78 is 41.6. The summed E-state index contributed by atoms with van der Waals surface area (Å²) in [6.45, 7) is 0.567. The Morgan fingerprint density at radius 1 is 1.17 bits per heavy atom. The molecule has 10 heteroatoms. The van der Waals surface area contributed by atoms with E-state index in [2.05, 4.69) is 9.97 Å². The molecule has 4 aromatic rings. The lowest BCUT2D eigenvalue weighted by Crippen LogP contribution is -2.30. The van der Waals surface area contributed by atoms with Crippen molar-refractivity contribution < 1.29 is 23.1 Å². The van der Waals surface area contributed by atoms with E-state index in [9.17, 15) is 18.0 Å². The minimum Gasteiger partial charge on any atom is -0.478 e. The molecule has 0 fully saturated rings. The Morgan fingerprint density at radius 3 is 2.57 bits per heavy atom. The second kappa shape index (κ2) is 7.45. The van der Waals surface area contributed by atoms with Crippen molar-refractivity contribution in [3.63, 3.8) is 0 Å². The SMILES string of the molecule is Cc1nc2ccccn2c1-c1csc(N(CC(F)(F)F)c2ccc(C(=O)O)cc2)n1. The van der Waals surface area contributed by atoms with Crippen molar-refractivity contribution in [2.24, 2.45) is 0 Å². The van der Waals surface area contributed by atoms with Crippen LogP contribution in [-0.2, 0) is 0 Å². The Balaban J connectivity index is 1.76. The van der Waals surface area contributed by atoms with Gasteiger partial charge in [0.15, 0.2) is 5.13 Å². The van der Waals surface area contributed by atoms with Crippen LogP contribution in [0.2, 0.25) is 0 Å². The number of halogens is 3. The van der Waals surface area contributed by atoms with Crippen LogP contribution in [0.5, 0.6) is 0 Å². The molecule has 0 aliphatic rings. The second-order valence-corrected chi connectivity index (χ2v) is 7.38. The molecule has 0 bridgehead atoms. The monoisotopic (exact) mass is 432 g/mol. The van der Waals surface area contributed by atoms with Crippen LogP contribution in [0, 0.1) is 6.92 Å². The van der Waals surface area contributed by atoms with E-state index >= 15 is 0 Å². The summed E-state index contributed by atoms with van der Waals surface area (Å²) in [4.78, 5) is 21.0. The van der Waals surface area contributed by atoms with Gasteiger partial charge in [0.25, 0.3) is 0 Å². The zero-order valence-electron chi connectivity index (χ0n) is 15.6. The minimum atomic E-state index is -4.48. The first-order valence-corrected chi connectivity index (χ1v) is 9.68. The van der Waals surface area contributed by atoms with E-state index in [1.807, 2.05) is 35.7 Å². The van der Waals surface area contributed by atoms with Gasteiger partial charge in [-0.2, -0.15) is 13.2 Å². The summed E-state index contributed by atoms with van der Waals surface area (Å²) in [5.41, 5.74) is 2.85.